The van der Waals surface area contributed by atoms with Crippen molar-refractivity contribution in [2.24, 2.45) is 0 Å². The third-order valence-corrected chi connectivity index (χ3v) is 5.03. The lowest BCUT2D eigenvalue weighted by Gasteiger charge is -2.32. The van der Waals surface area contributed by atoms with Crippen LogP contribution in [0.1, 0.15) is 19.4 Å². The predicted molar refractivity (Wildman–Crippen MR) is 78.5 cm³/mol. The molecule has 0 fully saturated rings. The van der Waals surface area contributed by atoms with Gasteiger partial charge in [-0.15, -0.1) is 0 Å². The minimum Gasteiger partial charge on any atom is -0.396 e. The summed E-state index contributed by atoms with van der Waals surface area (Å²) in [7, 11) is 0.0207. The Labute approximate surface area is 120 Å². The fourth-order valence-electron chi connectivity index (χ4n) is 1.47. The Balaban J connectivity index is 3.04. The summed E-state index contributed by atoms with van der Waals surface area (Å²) in [6.07, 6.45) is 0. The summed E-state index contributed by atoms with van der Waals surface area (Å²) >= 11 is 0. The largest absolute Gasteiger partial charge is 0.396 e. The molecule has 0 aliphatic rings. The molecule has 114 valence electrons. The van der Waals surface area contributed by atoms with Crippen LogP contribution in [-0.4, -0.2) is 39.5 Å². The molecule has 0 spiro atoms. The number of nitrogens with two attached hydrogens (primary N) is 1. The number of benzene rings is 1. The van der Waals surface area contributed by atoms with E-state index >= 15 is 0 Å². The van der Waals surface area contributed by atoms with Crippen molar-refractivity contribution in [3.8, 4) is 0 Å². The average Bonchev–Trinajstić information content (AvgIpc) is 2.31. The van der Waals surface area contributed by atoms with Gasteiger partial charge in [0.15, 0.2) is 0 Å². The second-order valence-electron chi connectivity index (χ2n) is 5.67. The van der Waals surface area contributed by atoms with Gasteiger partial charge >= 0.3 is 0 Å². The van der Waals surface area contributed by atoms with Crippen LogP contribution in [0.25, 0.3) is 0 Å². The Bertz CT molecular complexity index is 598. The first kappa shape index (κ1) is 16.9. The molecule has 0 atom stereocenters. The molecule has 0 saturated heterocycles. The second kappa shape index (κ2) is 5.67. The molecular formula is C13H22FN3O2S. The number of hydrogen-bond acceptors (Lipinski definition) is 4. The minimum absolute atomic E-state index is 0.00551. The van der Waals surface area contributed by atoms with Gasteiger partial charge < -0.3 is 10.6 Å². The molecule has 5 nitrogen and oxygen atoms in total. The van der Waals surface area contributed by atoms with Crippen molar-refractivity contribution < 1.29 is 12.8 Å². The van der Waals surface area contributed by atoms with Crippen molar-refractivity contribution in [2.45, 2.75) is 31.2 Å². The van der Waals surface area contributed by atoms with E-state index in [1.807, 2.05) is 32.8 Å². The maximum Gasteiger partial charge on any atom is 0.240 e. The zero-order valence-electron chi connectivity index (χ0n) is 12.5. The molecule has 0 aliphatic carbocycles. The van der Waals surface area contributed by atoms with E-state index in [2.05, 4.69) is 4.72 Å². The van der Waals surface area contributed by atoms with Gasteiger partial charge in [0, 0.05) is 12.1 Å². The molecule has 1 aromatic carbocycles. The number of halogens is 1. The number of hydrogen-bond donors (Lipinski definition) is 2. The Morgan fingerprint density at radius 1 is 1.35 bits per heavy atom. The Morgan fingerprint density at radius 3 is 2.40 bits per heavy atom. The number of nitrogens with zero attached hydrogens (tertiary/aromatic N) is 1. The van der Waals surface area contributed by atoms with Crippen molar-refractivity contribution in [3.05, 3.63) is 23.5 Å². The Morgan fingerprint density at radius 2 is 1.90 bits per heavy atom. The summed E-state index contributed by atoms with van der Waals surface area (Å²) in [6.45, 7) is 5.61. The molecule has 0 radical (unpaired) electrons. The van der Waals surface area contributed by atoms with Crippen molar-refractivity contribution in [1.29, 1.82) is 0 Å². The molecule has 3 N–H and O–H groups in total. The van der Waals surface area contributed by atoms with Gasteiger partial charge in [-0.1, -0.05) is 0 Å². The van der Waals surface area contributed by atoms with E-state index < -0.39 is 15.8 Å². The lowest BCUT2D eigenvalue weighted by Crippen LogP contribution is -2.48. The smallest absolute Gasteiger partial charge is 0.240 e. The lowest BCUT2D eigenvalue weighted by molar-refractivity contribution is 0.199. The molecular weight excluding hydrogens is 281 g/mol. The summed E-state index contributed by atoms with van der Waals surface area (Å²) in [5, 5.41) is 0. The van der Waals surface area contributed by atoms with Crippen LogP contribution in [0.4, 0.5) is 10.1 Å². The molecule has 1 rings (SSSR count). The van der Waals surface area contributed by atoms with E-state index in [-0.39, 0.29) is 22.7 Å². The maximum atomic E-state index is 13.3. The molecule has 0 saturated carbocycles. The van der Waals surface area contributed by atoms with Crippen molar-refractivity contribution in [2.75, 3.05) is 26.4 Å². The third kappa shape index (κ3) is 3.68. The van der Waals surface area contributed by atoms with E-state index in [0.29, 0.717) is 5.56 Å². The Kier molecular flexibility index (Phi) is 4.78. The SMILES string of the molecule is Cc1cc(F)c(N)cc1S(=O)(=O)NCC(C)(C)N(C)C. The van der Waals surface area contributed by atoms with E-state index in [0.717, 1.165) is 12.1 Å². The van der Waals surface area contributed by atoms with Crippen molar-refractivity contribution in [3.63, 3.8) is 0 Å². The number of aryl methyl sites for hydroxylation is 1. The molecule has 0 unspecified atom stereocenters. The number of nitrogen functional groups attached to an aromatic ring is 1. The summed E-state index contributed by atoms with van der Waals surface area (Å²) in [6, 6.07) is 2.27. The third-order valence-electron chi connectivity index (χ3n) is 3.49. The summed E-state index contributed by atoms with van der Waals surface area (Å²) in [5.41, 5.74) is 5.25. The zero-order chi connectivity index (χ0) is 15.7. The highest BCUT2D eigenvalue weighted by molar-refractivity contribution is 7.89. The molecule has 0 heterocycles. The minimum atomic E-state index is -3.72. The number of likely N-dealkylation sites (N-methyl/N-ethyl adjacent to an activating group) is 1. The molecule has 0 amide bonds. The average molecular weight is 303 g/mol. The molecule has 0 aromatic heterocycles. The molecule has 1 aromatic rings. The standard InChI is InChI=1S/C13H22FN3O2S/c1-9-6-10(14)11(15)7-12(9)20(18,19)16-8-13(2,3)17(4)5/h6-7,16H,8,15H2,1-5H3. The van der Waals surface area contributed by atoms with Gasteiger partial charge in [0.05, 0.1) is 10.6 Å². The number of nitrogens with one attached hydrogen (secondary N) is 1. The fraction of sp³-hybridized carbons (Fsp3) is 0.538. The highest BCUT2D eigenvalue weighted by Gasteiger charge is 2.25. The highest BCUT2D eigenvalue weighted by Crippen LogP contribution is 2.22. The summed E-state index contributed by atoms with van der Waals surface area (Å²) in [4.78, 5) is 1.92. The van der Waals surface area contributed by atoms with Crippen LogP contribution >= 0.6 is 0 Å². The number of rotatable bonds is 5. The molecule has 0 aliphatic heterocycles. The first-order valence-electron chi connectivity index (χ1n) is 6.20. The van der Waals surface area contributed by atoms with Crippen LogP contribution < -0.4 is 10.5 Å². The monoisotopic (exact) mass is 303 g/mol. The molecule has 20 heavy (non-hydrogen) atoms. The highest BCUT2D eigenvalue weighted by atomic mass is 32.2. The second-order valence-corrected chi connectivity index (χ2v) is 7.41. The van der Waals surface area contributed by atoms with Gasteiger partial charge in [-0.05, 0) is 52.6 Å². The van der Waals surface area contributed by atoms with E-state index in [1.165, 1.54) is 6.92 Å². The van der Waals surface area contributed by atoms with Gasteiger partial charge in [0.2, 0.25) is 10.0 Å². The van der Waals surface area contributed by atoms with Crippen LogP contribution in [0.15, 0.2) is 17.0 Å². The zero-order valence-corrected chi connectivity index (χ0v) is 13.3. The first-order chi connectivity index (χ1) is 8.97. The van der Waals surface area contributed by atoms with Gasteiger partial charge in [0.1, 0.15) is 5.82 Å². The number of anilines is 1. The quantitative estimate of drug-likeness (QED) is 0.805. The van der Waals surface area contributed by atoms with Crippen LogP contribution in [0, 0.1) is 12.7 Å². The van der Waals surface area contributed by atoms with Crippen LogP contribution in [0.3, 0.4) is 0 Å². The topological polar surface area (TPSA) is 75.4 Å². The lowest BCUT2D eigenvalue weighted by atomic mass is 10.1. The van der Waals surface area contributed by atoms with Crippen LogP contribution in [0.5, 0.6) is 0 Å². The van der Waals surface area contributed by atoms with Crippen molar-refractivity contribution >= 4 is 15.7 Å². The molecule has 0 bridgehead atoms. The Hall–Kier alpha value is -1.18. The van der Waals surface area contributed by atoms with E-state index in [9.17, 15) is 12.8 Å². The van der Waals surface area contributed by atoms with E-state index in [1.54, 1.807) is 0 Å². The van der Waals surface area contributed by atoms with Gasteiger partial charge in [-0.2, -0.15) is 0 Å². The number of sulfonamides is 1. The van der Waals surface area contributed by atoms with Gasteiger partial charge in [0.25, 0.3) is 0 Å². The predicted octanol–water partition coefficient (Wildman–Crippen LogP) is 1.33. The van der Waals surface area contributed by atoms with Gasteiger partial charge in [-0.25, -0.2) is 17.5 Å². The van der Waals surface area contributed by atoms with Gasteiger partial charge in [-0.3, -0.25) is 0 Å². The molecule has 7 heteroatoms. The van der Waals surface area contributed by atoms with Crippen molar-refractivity contribution in [1.82, 2.24) is 9.62 Å². The van der Waals surface area contributed by atoms with Crippen LogP contribution in [-0.2, 0) is 10.0 Å². The summed E-state index contributed by atoms with van der Waals surface area (Å²) < 4.78 is 40.4. The first-order valence-corrected chi connectivity index (χ1v) is 7.68. The van der Waals surface area contributed by atoms with Crippen LogP contribution in [0.2, 0.25) is 0 Å². The van der Waals surface area contributed by atoms with E-state index in [4.69, 9.17) is 5.73 Å². The maximum absolute atomic E-state index is 13.3. The fourth-order valence-corrected chi connectivity index (χ4v) is 2.93. The summed E-state index contributed by atoms with van der Waals surface area (Å²) in [5.74, 6) is -0.616. The normalized spacial score (nSPS) is 12.9.